The summed E-state index contributed by atoms with van der Waals surface area (Å²) >= 11 is 1.61. The van der Waals surface area contributed by atoms with Gasteiger partial charge in [0.05, 0.1) is 12.0 Å². The van der Waals surface area contributed by atoms with Gasteiger partial charge in [-0.25, -0.2) is 0 Å². The molecule has 0 atom stereocenters. The third kappa shape index (κ3) is 3.39. The minimum Gasteiger partial charge on any atom is -0.481 e. The molecule has 0 radical (unpaired) electrons. The standard InChI is InChI=1S/C15H21NO3S/c1-11-5-8-20-12(11)10-16-13(17)9-15(14(18)19)6-3-2-4-7-15/h5,8H,2-4,6-7,9-10H2,1H3,(H,16,17)(H,18,19). The van der Waals surface area contributed by atoms with Crippen LogP contribution >= 0.6 is 11.3 Å². The van der Waals surface area contributed by atoms with Crippen LogP contribution in [0.3, 0.4) is 0 Å². The summed E-state index contributed by atoms with van der Waals surface area (Å²) in [5.41, 5.74) is 0.327. The van der Waals surface area contributed by atoms with Gasteiger partial charge in [0, 0.05) is 11.3 Å². The smallest absolute Gasteiger partial charge is 0.310 e. The van der Waals surface area contributed by atoms with E-state index in [0.29, 0.717) is 19.4 Å². The molecule has 1 heterocycles. The molecule has 0 spiro atoms. The first-order chi connectivity index (χ1) is 9.53. The van der Waals surface area contributed by atoms with Gasteiger partial charge in [-0.1, -0.05) is 19.3 Å². The van der Waals surface area contributed by atoms with E-state index < -0.39 is 11.4 Å². The van der Waals surface area contributed by atoms with E-state index in [1.165, 1.54) is 5.56 Å². The van der Waals surface area contributed by atoms with Crippen LogP contribution in [-0.2, 0) is 16.1 Å². The van der Waals surface area contributed by atoms with Gasteiger partial charge in [-0.2, -0.15) is 0 Å². The fourth-order valence-electron chi connectivity index (χ4n) is 2.83. The van der Waals surface area contributed by atoms with E-state index in [1.807, 2.05) is 18.4 Å². The Morgan fingerprint density at radius 2 is 2.05 bits per heavy atom. The average Bonchev–Trinajstić information content (AvgIpc) is 2.83. The van der Waals surface area contributed by atoms with Crippen LogP contribution in [-0.4, -0.2) is 17.0 Å². The highest BCUT2D eigenvalue weighted by Gasteiger charge is 2.41. The Hall–Kier alpha value is -1.36. The van der Waals surface area contributed by atoms with E-state index in [-0.39, 0.29) is 12.3 Å². The van der Waals surface area contributed by atoms with Crippen molar-refractivity contribution in [3.63, 3.8) is 0 Å². The molecule has 1 saturated carbocycles. The second kappa shape index (κ2) is 6.39. The van der Waals surface area contributed by atoms with Crippen molar-refractivity contribution >= 4 is 23.2 Å². The van der Waals surface area contributed by atoms with E-state index in [0.717, 1.165) is 24.1 Å². The fraction of sp³-hybridized carbons (Fsp3) is 0.600. The van der Waals surface area contributed by atoms with E-state index in [4.69, 9.17) is 0 Å². The van der Waals surface area contributed by atoms with E-state index in [2.05, 4.69) is 5.32 Å². The number of carboxylic acid groups (broad SMARTS) is 1. The molecule has 4 nitrogen and oxygen atoms in total. The minimum absolute atomic E-state index is 0.104. The van der Waals surface area contributed by atoms with Gasteiger partial charge < -0.3 is 10.4 Å². The van der Waals surface area contributed by atoms with Gasteiger partial charge in [0.2, 0.25) is 5.91 Å². The van der Waals surface area contributed by atoms with Crippen molar-refractivity contribution in [2.75, 3.05) is 0 Å². The van der Waals surface area contributed by atoms with Gasteiger partial charge in [0.25, 0.3) is 0 Å². The van der Waals surface area contributed by atoms with Crippen LogP contribution in [0.15, 0.2) is 11.4 Å². The molecule has 0 aromatic carbocycles. The van der Waals surface area contributed by atoms with Crippen molar-refractivity contribution in [2.45, 2.75) is 52.0 Å². The number of thiophene rings is 1. The second-order valence-electron chi connectivity index (χ2n) is 5.63. The van der Waals surface area contributed by atoms with E-state index in [1.54, 1.807) is 11.3 Å². The van der Waals surface area contributed by atoms with Crippen molar-refractivity contribution < 1.29 is 14.7 Å². The Morgan fingerprint density at radius 3 is 2.60 bits per heavy atom. The highest BCUT2D eigenvalue weighted by atomic mass is 32.1. The first kappa shape index (κ1) is 15.0. The molecule has 1 aromatic rings. The Morgan fingerprint density at radius 1 is 1.35 bits per heavy atom. The number of carbonyl (C=O) groups excluding carboxylic acids is 1. The van der Waals surface area contributed by atoms with Gasteiger partial charge in [0.1, 0.15) is 0 Å². The average molecular weight is 295 g/mol. The van der Waals surface area contributed by atoms with Crippen LogP contribution in [0.2, 0.25) is 0 Å². The lowest BCUT2D eigenvalue weighted by Crippen LogP contribution is -2.39. The summed E-state index contributed by atoms with van der Waals surface area (Å²) in [5.74, 6) is -0.971. The van der Waals surface area contributed by atoms with Crippen molar-refractivity contribution in [2.24, 2.45) is 5.41 Å². The molecule has 0 bridgehead atoms. The minimum atomic E-state index is -0.840. The lowest BCUT2D eigenvalue weighted by Gasteiger charge is -2.32. The maximum absolute atomic E-state index is 12.1. The number of hydrogen-bond donors (Lipinski definition) is 2. The van der Waals surface area contributed by atoms with Gasteiger partial charge in [0.15, 0.2) is 0 Å². The number of carboxylic acids is 1. The van der Waals surface area contributed by atoms with Crippen LogP contribution in [0.5, 0.6) is 0 Å². The summed E-state index contributed by atoms with van der Waals surface area (Å²) in [4.78, 5) is 24.7. The summed E-state index contributed by atoms with van der Waals surface area (Å²) in [6.45, 7) is 2.51. The summed E-state index contributed by atoms with van der Waals surface area (Å²) < 4.78 is 0. The van der Waals surface area contributed by atoms with Crippen LogP contribution in [0, 0.1) is 12.3 Å². The molecule has 1 aliphatic rings. The number of aryl methyl sites for hydroxylation is 1. The lowest BCUT2D eigenvalue weighted by atomic mass is 9.71. The summed E-state index contributed by atoms with van der Waals surface area (Å²) in [6.07, 6.45) is 4.23. The number of amides is 1. The lowest BCUT2D eigenvalue weighted by molar-refractivity contribution is -0.154. The van der Waals surface area contributed by atoms with E-state index >= 15 is 0 Å². The van der Waals surface area contributed by atoms with E-state index in [9.17, 15) is 14.7 Å². The van der Waals surface area contributed by atoms with Gasteiger partial charge in [-0.15, -0.1) is 11.3 Å². The van der Waals surface area contributed by atoms with Crippen molar-refractivity contribution in [3.05, 3.63) is 21.9 Å². The zero-order valence-corrected chi connectivity index (χ0v) is 12.6. The molecule has 20 heavy (non-hydrogen) atoms. The normalized spacial score (nSPS) is 17.6. The third-order valence-corrected chi connectivity index (χ3v) is 5.20. The van der Waals surface area contributed by atoms with Crippen molar-refractivity contribution in [1.29, 1.82) is 0 Å². The monoisotopic (exact) mass is 295 g/mol. The molecule has 1 aliphatic carbocycles. The quantitative estimate of drug-likeness (QED) is 0.877. The highest BCUT2D eigenvalue weighted by molar-refractivity contribution is 7.10. The Kier molecular flexibility index (Phi) is 4.81. The van der Waals surface area contributed by atoms with Crippen LogP contribution in [0.25, 0.3) is 0 Å². The molecule has 2 N–H and O–H groups in total. The van der Waals surface area contributed by atoms with Crippen LogP contribution in [0.4, 0.5) is 0 Å². The van der Waals surface area contributed by atoms with Crippen LogP contribution < -0.4 is 5.32 Å². The SMILES string of the molecule is Cc1ccsc1CNC(=O)CC1(C(=O)O)CCCCC1. The molecule has 0 saturated heterocycles. The molecular formula is C15H21NO3S. The molecule has 2 rings (SSSR count). The predicted octanol–water partition coefficient (Wildman–Crippen LogP) is 3.10. The van der Waals surface area contributed by atoms with Gasteiger partial charge in [-0.3, -0.25) is 9.59 Å². The fourth-order valence-corrected chi connectivity index (χ4v) is 3.67. The summed E-state index contributed by atoms with van der Waals surface area (Å²) in [7, 11) is 0. The predicted molar refractivity (Wildman–Crippen MR) is 78.7 cm³/mol. The first-order valence-corrected chi connectivity index (χ1v) is 7.94. The molecule has 110 valence electrons. The molecule has 1 aromatic heterocycles. The molecule has 0 aliphatic heterocycles. The molecule has 5 heteroatoms. The Labute approximate surface area is 123 Å². The summed E-state index contributed by atoms with van der Waals surface area (Å²) in [6, 6.07) is 2.02. The number of rotatable bonds is 5. The van der Waals surface area contributed by atoms with Crippen molar-refractivity contribution in [1.82, 2.24) is 5.32 Å². The topological polar surface area (TPSA) is 66.4 Å². The van der Waals surface area contributed by atoms with Crippen molar-refractivity contribution in [3.8, 4) is 0 Å². The number of hydrogen-bond acceptors (Lipinski definition) is 3. The molecule has 1 amide bonds. The number of carbonyl (C=O) groups is 2. The highest BCUT2D eigenvalue weighted by Crippen LogP contribution is 2.39. The molecule has 0 unspecified atom stereocenters. The first-order valence-electron chi connectivity index (χ1n) is 7.07. The maximum Gasteiger partial charge on any atom is 0.310 e. The molecular weight excluding hydrogens is 274 g/mol. The summed E-state index contributed by atoms with van der Waals surface area (Å²) in [5, 5.41) is 14.3. The Balaban J connectivity index is 1.92. The van der Waals surface area contributed by atoms with Crippen LogP contribution in [0.1, 0.15) is 49.0 Å². The zero-order valence-electron chi connectivity index (χ0n) is 11.8. The Bertz CT molecular complexity index is 489. The second-order valence-corrected chi connectivity index (χ2v) is 6.63. The maximum atomic E-state index is 12.1. The third-order valence-electron chi connectivity index (χ3n) is 4.18. The number of aliphatic carboxylic acids is 1. The molecule has 1 fully saturated rings. The van der Waals surface area contributed by atoms with Gasteiger partial charge in [-0.05, 0) is 36.8 Å². The zero-order chi connectivity index (χ0) is 14.6. The van der Waals surface area contributed by atoms with Gasteiger partial charge >= 0.3 is 5.97 Å². The number of nitrogens with one attached hydrogen (secondary N) is 1. The largest absolute Gasteiger partial charge is 0.481 e.